The lowest BCUT2D eigenvalue weighted by atomic mass is 9.79. The van der Waals surface area contributed by atoms with E-state index in [0.717, 1.165) is 35.8 Å². The van der Waals surface area contributed by atoms with Gasteiger partial charge in [-0.1, -0.05) is 76.5 Å². The van der Waals surface area contributed by atoms with E-state index >= 15 is 0 Å². The Morgan fingerprint density at radius 2 is 1.45 bits per heavy atom. The second kappa shape index (κ2) is 10.7. The summed E-state index contributed by atoms with van der Waals surface area (Å²) in [6, 6.07) is 11.2. The van der Waals surface area contributed by atoms with Gasteiger partial charge in [0.25, 0.3) is 0 Å². The Kier molecular flexibility index (Phi) is 8.98. The van der Waals surface area contributed by atoms with Crippen LogP contribution in [0.1, 0.15) is 77.8 Å². The fraction of sp³-hybridized carbons (Fsp3) is 0.538. The first-order chi connectivity index (χ1) is 14.3. The van der Waals surface area contributed by atoms with E-state index in [4.69, 9.17) is 11.6 Å². The predicted molar refractivity (Wildman–Crippen MR) is 127 cm³/mol. The molecule has 0 amide bonds. The van der Waals surface area contributed by atoms with E-state index in [1.54, 1.807) is 6.07 Å². The maximum atomic E-state index is 12.9. The molecule has 0 spiro atoms. The third-order valence-electron chi connectivity index (χ3n) is 5.50. The summed E-state index contributed by atoms with van der Waals surface area (Å²) in [4.78, 5) is 1.39. The number of rotatable bonds is 9. The zero-order valence-electron chi connectivity index (χ0n) is 19.2. The van der Waals surface area contributed by atoms with Crippen LogP contribution in [0.3, 0.4) is 0 Å². The highest BCUT2D eigenvalue weighted by Gasteiger charge is 2.30. The molecule has 0 N–H and O–H groups in total. The van der Waals surface area contributed by atoms with E-state index in [-0.39, 0.29) is 0 Å². The minimum Gasteiger partial charge on any atom is -0.166 e. The summed E-state index contributed by atoms with van der Waals surface area (Å²) in [7, 11) is 0. The summed E-state index contributed by atoms with van der Waals surface area (Å²) in [6.07, 6.45) is 2.52. The van der Waals surface area contributed by atoms with Crippen molar-refractivity contribution in [3.8, 4) is 0 Å². The van der Waals surface area contributed by atoms with Crippen LogP contribution in [0.15, 0.2) is 52.3 Å². The molecule has 0 unspecified atom stereocenters. The molecule has 0 nitrogen and oxygen atoms in total. The Balaban J connectivity index is 1.90. The van der Waals surface area contributed by atoms with Crippen LogP contribution in [0.2, 0.25) is 5.02 Å². The minimum atomic E-state index is -4.33. The van der Waals surface area contributed by atoms with Gasteiger partial charge in [0, 0.05) is 14.8 Å². The first-order valence-electron chi connectivity index (χ1n) is 10.9. The highest BCUT2D eigenvalue weighted by Crippen LogP contribution is 2.36. The van der Waals surface area contributed by atoms with Gasteiger partial charge >= 0.3 is 6.18 Å². The smallest absolute Gasteiger partial charge is 0.166 e. The highest BCUT2D eigenvalue weighted by molar-refractivity contribution is 7.99. The molecule has 0 atom stereocenters. The third kappa shape index (κ3) is 9.49. The van der Waals surface area contributed by atoms with Crippen molar-refractivity contribution in [3.05, 3.63) is 58.6 Å². The molecule has 0 saturated heterocycles. The Morgan fingerprint density at radius 3 is 2.06 bits per heavy atom. The second-order valence-corrected chi connectivity index (χ2v) is 11.9. The van der Waals surface area contributed by atoms with Gasteiger partial charge in [0.15, 0.2) is 0 Å². The first kappa shape index (κ1) is 26.1. The molecule has 0 aromatic heterocycles. The number of hydrogen-bond acceptors (Lipinski definition) is 1. The SMILES string of the molecule is CC(C)(C)CCCC(C)(C)CCCc1ccc(Sc2cccc(C(F)(F)F)c2)cc1Cl. The van der Waals surface area contributed by atoms with Crippen LogP contribution in [0.25, 0.3) is 0 Å². The highest BCUT2D eigenvalue weighted by atomic mass is 35.5. The zero-order valence-corrected chi connectivity index (χ0v) is 20.8. The van der Waals surface area contributed by atoms with Gasteiger partial charge in [-0.2, -0.15) is 13.2 Å². The van der Waals surface area contributed by atoms with Gasteiger partial charge in [-0.05, 0) is 78.8 Å². The van der Waals surface area contributed by atoms with Gasteiger partial charge in [0.1, 0.15) is 0 Å². The molecule has 5 heteroatoms. The summed E-state index contributed by atoms with van der Waals surface area (Å²) in [6.45, 7) is 11.5. The lowest BCUT2D eigenvalue weighted by molar-refractivity contribution is -0.137. The summed E-state index contributed by atoms with van der Waals surface area (Å²) in [5.74, 6) is 0. The molecule has 0 bridgehead atoms. The normalized spacial score (nSPS) is 12.9. The first-order valence-corrected chi connectivity index (χ1v) is 12.1. The van der Waals surface area contributed by atoms with Crippen LogP contribution in [0.4, 0.5) is 13.2 Å². The summed E-state index contributed by atoms with van der Waals surface area (Å²) < 4.78 is 38.7. The molecular formula is C26H34ClF3S. The van der Waals surface area contributed by atoms with E-state index in [1.807, 2.05) is 18.2 Å². The van der Waals surface area contributed by atoms with Gasteiger partial charge in [-0.15, -0.1) is 0 Å². The molecule has 0 aliphatic heterocycles. The van der Waals surface area contributed by atoms with Crippen LogP contribution in [0, 0.1) is 10.8 Å². The minimum absolute atomic E-state index is 0.316. The second-order valence-electron chi connectivity index (χ2n) is 10.3. The Labute approximate surface area is 195 Å². The van der Waals surface area contributed by atoms with E-state index in [1.165, 1.54) is 43.2 Å². The summed E-state index contributed by atoms with van der Waals surface area (Å²) in [5, 5.41) is 0.683. The third-order valence-corrected chi connectivity index (χ3v) is 6.83. The molecule has 0 saturated carbocycles. The lowest BCUT2D eigenvalue weighted by Crippen LogP contribution is -2.13. The molecule has 0 heterocycles. The van der Waals surface area contributed by atoms with E-state index in [0.29, 0.717) is 20.7 Å². The van der Waals surface area contributed by atoms with Crippen LogP contribution >= 0.6 is 23.4 Å². The largest absolute Gasteiger partial charge is 0.416 e. The average molecular weight is 471 g/mol. The number of benzene rings is 2. The van der Waals surface area contributed by atoms with E-state index in [9.17, 15) is 13.2 Å². The van der Waals surface area contributed by atoms with Crippen LogP contribution in [-0.2, 0) is 12.6 Å². The fourth-order valence-electron chi connectivity index (χ4n) is 3.65. The number of hydrogen-bond donors (Lipinski definition) is 0. The maximum Gasteiger partial charge on any atom is 0.416 e. The van der Waals surface area contributed by atoms with Crippen LogP contribution in [0.5, 0.6) is 0 Å². The Bertz CT molecular complexity index is 850. The van der Waals surface area contributed by atoms with Crippen LogP contribution in [-0.4, -0.2) is 0 Å². The van der Waals surface area contributed by atoms with Gasteiger partial charge in [-0.25, -0.2) is 0 Å². The van der Waals surface area contributed by atoms with E-state index < -0.39 is 11.7 Å². The molecule has 2 aromatic rings. The predicted octanol–water partition coefficient (Wildman–Crippen LogP) is 10.1. The molecular weight excluding hydrogens is 437 g/mol. The van der Waals surface area contributed by atoms with Crippen LogP contribution < -0.4 is 0 Å². The molecule has 0 aliphatic rings. The zero-order chi connectivity index (χ0) is 23.3. The molecule has 0 radical (unpaired) electrons. The average Bonchev–Trinajstić information content (AvgIpc) is 2.61. The molecule has 0 fully saturated rings. The van der Waals surface area contributed by atoms with Crippen molar-refractivity contribution < 1.29 is 13.2 Å². The number of halogens is 4. The number of aryl methyl sites for hydroxylation is 1. The van der Waals surface area contributed by atoms with Gasteiger partial charge < -0.3 is 0 Å². The van der Waals surface area contributed by atoms with Gasteiger partial charge in [-0.3, -0.25) is 0 Å². The van der Waals surface area contributed by atoms with Crippen molar-refractivity contribution in [3.63, 3.8) is 0 Å². The van der Waals surface area contributed by atoms with Gasteiger partial charge in [0.2, 0.25) is 0 Å². The topological polar surface area (TPSA) is 0 Å². The molecule has 2 aromatic carbocycles. The number of alkyl halides is 3. The van der Waals surface area contributed by atoms with Crippen molar-refractivity contribution in [2.24, 2.45) is 10.8 Å². The standard InChI is InChI=1S/C26H34ClF3S/c1-24(2,3)14-8-16-25(4,5)15-7-9-19-12-13-22(18-23(19)27)31-21-11-6-10-20(17-21)26(28,29)30/h6,10-13,17-18H,7-9,14-16H2,1-5H3. The fourth-order valence-corrected chi connectivity index (χ4v) is 4.90. The Hall–Kier alpha value is -1.13. The molecule has 0 aliphatic carbocycles. The van der Waals surface area contributed by atoms with Gasteiger partial charge in [0.05, 0.1) is 5.56 Å². The molecule has 2 rings (SSSR count). The van der Waals surface area contributed by atoms with Crippen molar-refractivity contribution in [2.45, 2.75) is 89.1 Å². The monoisotopic (exact) mass is 470 g/mol. The summed E-state index contributed by atoms with van der Waals surface area (Å²) in [5.41, 5.74) is 1.17. The Morgan fingerprint density at radius 1 is 0.806 bits per heavy atom. The maximum absolute atomic E-state index is 12.9. The van der Waals surface area contributed by atoms with Crippen molar-refractivity contribution in [1.29, 1.82) is 0 Å². The van der Waals surface area contributed by atoms with Crippen molar-refractivity contribution in [1.82, 2.24) is 0 Å². The lowest BCUT2D eigenvalue weighted by Gasteiger charge is -2.27. The van der Waals surface area contributed by atoms with Crippen molar-refractivity contribution >= 4 is 23.4 Å². The summed E-state index contributed by atoms with van der Waals surface area (Å²) >= 11 is 7.79. The quantitative estimate of drug-likeness (QED) is 0.351. The van der Waals surface area contributed by atoms with E-state index in [2.05, 4.69) is 34.6 Å². The molecule has 31 heavy (non-hydrogen) atoms. The molecule has 172 valence electrons. The van der Waals surface area contributed by atoms with Crippen molar-refractivity contribution in [2.75, 3.05) is 0 Å².